The van der Waals surface area contributed by atoms with Gasteiger partial charge in [0.15, 0.2) is 0 Å². The van der Waals surface area contributed by atoms with Crippen LogP contribution < -0.4 is 5.73 Å². The van der Waals surface area contributed by atoms with E-state index in [2.05, 4.69) is 0 Å². The van der Waals surface area contributed by atoms with E-state index in [0.717, 1.165) is 19.4 Å². The molecular formula is C11H23NO2. The fourth-order valence-electron chi connectivity index (χ4n) is 1.74. The Balaban J connectivity index is 2.22. The monoisotopic (exact) mass is 201 g/mol. The van der Waals surface area contributed by atoms with Crippen LogP contribution in [0.2, 0.25) is 0 Å². The van der Waals surface area contributed by atoms with E-state index in [9.17, 15) is 0 Å². The van der Waals surface area contributed by atoms with Crippen LogP contribution in [-0.2, 0) is 9.47 Å². The molecule has 14 heavy (non-hydrogen) atoms. The number of hydrogen-bond donors (Lipinski definition) is 1. The maximum Gasteiger partial charge on any atom is 0.0772 e. The van der Waals surface area contributed by atoms with Crippen LogP contribution >= 0.6 is 0 Å². The molecule has 84 valence electrons. The highest BCUT2D eigenvalue weighted by atomic mass is 16.5. The first-order valence-corrected chi connectivity index (χ1v) is 5.48. The second-order valence-corrected chi connectivity index (χ2v) is 4.63. The Kier molecular flexibility index (Phi) is 4.35. The molecule has 1 rings (SSSR count). The number of nitrogens with two attached hydrogens (primary N) is 1. The summed E-state index contributed by atoms with van der Waals surface area (Å²) in [6, 6.07) is 0.0942. The highest BCUT2D eigenvalue weighted by molar-refractivity contribution is 4.83. The molecule has 3 heteroatoms. The van der Waals surface area contributed by atoms with Crippen molar-refractivity contribution in [1.82, 2.24) is 0 Å². The first kappa shape index (κ1) is 12.0. The molecule has 1 aliphatic rings. The number of ether oxygens (including phenoxy) is 2. The quantitative estimate of drug-likeness (QED) is 0.736. The van der Waals surface area contributed by atoms with E-state index in [1.807, 2.05) is 13.8 Å². The third-order valence-corrected chi connectivity index (χ3v) is 3.24. The molecule has 0 aromatic carbocycles. The average Bonchev–Trinajstić information content (AvgIpc) is 2.66. The Labute approximate surface area is 86.9 Å². The molecule has 2 N–H and O–H groups in total. The van der Waals surface area contributed by atoms with E-state index < -0.39 is 0 Å². The Hall–Kier alpha value is -0.120. The van der Waals surface area contributed by atoms with Crippen molar-refractivity contribution in [3.8, 4) is 0 Å². The van der Waals surface area contributed by atoms with Crippen LogP contribution in [0.25, 0.3) is 0 Å². The normalized spacial score (nSPS) is 25.3. The summed E-state index contributed by atoms with van der Waals surface area (Å²) in [4.78, 5) is 0. The molecule has 1 saturated heterocycles. The van der Waals surface area contributed by atoms with Crippen molar-refractivity contribution in [3.05, 3.63) is 0 Å². The van der Waals surface area contributed by atoms with Gasteiger partial charge in [-0.2, -0.15) is 0 Å². The van der Waals surface area contributed by atoms with Crippen LogP contribution in [0.4, 0.5) is 0 Å². The summed E-state index contributed by atoms with van der Waals surface area (Å²) in [5.41, 5.74) is 5.84. The zero-order valence-corrected chi connectivity index (χ0v) is 9.58. The van der Waals surface area contributed by atoms with Crippen molar-refractivity contribution >= 4 is 0 Å². The van der Waals surface area contributed by atoms with Gasteiger partial charge in [-0.15, -0.1) is 0 Å². The van der Waals surface area contributed by atoms with Gasteiger partial charge < -0.3 is 15.2 Å². The van der Waals surface area contributed by atoms with Crippen molar-refractivity contribution in [3.63, 3.8) is 0 Å². The maximum atomic E-state index is 6.06. The van der Waals surface area contributed by atoms with E-state index in [0.29, 0.717) is 6.10 Å². The molecule has 0 saturated carbocycles. The minimum Gasteiger partial charge on any atom is -0.378 e. The van der Waals surface area contributed by atoms with Crippen LogP contribution in [0.3, 0.4) is 0 Å². The van der Waals surface area contributed by atoms with Gasteiger partial charge in [0.1, 0.15) is 0 Å². The van der Waals surface area contributed by atoms with Gasteiger partial charge >= 0.3 is 0 Å². The van der Waals surface area contributed by atoms with E-state index in [1.165, 1.54) is 12.8 Å². The van der Waals surface area contributed by atoms with Gasteiger partial charge in [-0.3, -0.25) is 0 Å². The average molecular weight is 201 g/mol. The van der Waals surface area contributed by atoms with E-state index >= 15 is 0 Å². The Morgan fingerprint density at radius 3 is 2.79 bits per heavy atom. The Morgan fingerprint density at radius 1 is 1.57 bits per heavy atom. The predicted molar refractivity (Wildman–Crippen MR) is 57.3 cm³/mol. The van der Waals surface area contributed by atoms with Gasteiger partial charge in [0, 0.05) is 19.8 Å². The summed E-state index contributed by atoms with van der Waals surface area (Å²) < 4.78 is 10.9. The van der Waals surface area contributed by atoms with Gasteiger partial charge in [0.05, 0.1) is 11.7 Å². The summed E-state index contributed by atoms with van der Waals surface area (Å²) in [5, 5.41) is 0. The third-order valence-electron chi connectivity index (χ3n) is 3.24. The number of rotatable bonds is 5. The van der Waals surface area contributed by atoms with Crippen molar-refractivity contribution in [2.24, 2.45) is 5.73 Å². The number of hydrogen-bond acceptors (Lipinski definition) is 3. The second-order valence-electron chi connectivity index (χ2n) is 4.63. The van der Waals surface area contributed by atoms with Crippen LogP contribution in [0.5, 0.6) is 0 Å². The topological polar surface area (TPSA) is 44.5 Å². The van der Waals surface area contributed by atoms with Crippen LogP contribution in [0, 0.1) is 0 Å². The lowest BCUT2D eigenvalue weighted by Crippen LogP contribution is -2.44. The SMILES string of the molecule is COC(C)(C)C(N)CCC1CCCO1. The maximum absolute atomic E-state index is 6.06. The second kappa shape index (κ2) is 5.10. The molecule has 0 spiro atoms. The first-order valence-electron chi connectivity index (χ1n) is 5.48. The highest BCUT2D eigenvalue weighted by Crippen LogP contribution is 2.21. The molecule has 0 radical (unpaired) electrons. The Bertz CT molecular complexity index is 165. The fourth-order valence-corrected chi connectivity index (χ4v) is 1.74. The van der Waals surface area contributed by atoms with E-state index in [-0.39, 0.29) is 11.6 Å². The summed E-state index contributed by atoms with van der Waals surface area (Å²) >= 11 is 0. The summed E-state index contributed by atoms with van der Waals surface area (Å²) in [7, 11) is 1.71. The molecule has 0 aromatic rings. The van der Waals surface area contributed by atoms with Crippen LogP contribution in [0.1, 0.15) is 39.5 Å². The Morgan fingerprint density at radius 2 is 2.29 bits per heavy atom. The first-order chi connectivity index (χ1) is 6.56. The predicted octanol–water partition coefficient (Wildman–Crippen LogP) is 1.70. The zero-order chi connectivity index (χ0) is 10.6. The zero-order valence-electron chi connectivity index (χ0n) is 9.58. The van der Waals surface area contributed by atoms with Crippen LogP contribution in [0.15, 0.2) is 0 Å². The van der Waals surface area contributed by atoms with Gasteiger partial charge in [0.25, 0.3) is 0 Å². The van der Waals surface area contributed by atoms with E-state index in [4.69, 9.17) is 15.2 Å². The molecule has 0 amide bonds. The van der Waals surface area contributed by atoms with Crippen molar-refractivity contribution < 1.29 is 9.47 Å². The largest absolute Gasteiger partial charge is 0.378 e. The van der Waals surface area contributed by atoms with Crippen LogP contribution in [-0.4, -0.2) is 31.5 Å². The van der Waals surface area contributed by atoms with E-state index in [1.54, 1.807) is 7.11 Å². The van der Waals surface area contributed by atoms with Crippen molar-refractivity contribution in [2.45, 2.75) is 57.3 Å². The van der Waals surface area contributed by atoms with Crippen molar-refractivity contribution in [1.29, 1.82) is 0 Å². The lowest BCUT2D eigenvalue weighted by Gasteiger charge is -2.30. The van der Waals surface area contributed by atoms with Gasteiger partial charge in [-0.1, -0.05) is 0 Å². The molecule has 0 aliphatic carbocycles. The molecule has 2 unspecified atom stereocenters. The summed E-state index contributed by atoms with van der Waals surface area (Å²) in [6.45, 7) is 4.99. The molecule has 1 fully saturated rings. The smallest absolute Gasteiger partial charge is 0.0772 e. The standard InChI is InChI=1S/C11H23NO2/c1-11(2,13-3)10(12)7-6-9-5-4-8-14-9/h9-10H,4-8,12H2,1-3H3. The molecule has 2 atom stereocenters. The molecule has 1 heterocycles. The fraction of sp³-hybridized carbons (Fsp3) is 1.00. The van der Waals surface area contributed by atoms with Gasteiger partial charge in [-0.25, -0.2) is 0 Å². The molecule has 0 aromatic heterocycles. The third kappa shape index (κ3) is 3.23. The lowest BCUT2D eigenvalue weighted by atomic mass is 9.93. The molecule has 1 aliphatic heterocycles. The summed E-state index contributed by atoms with van der Waals surface area (Å²) in [5.74, 6) is 0. The van der Waals surface area contributed by atoms with Gasteiger partial charge in [-0.05, 0) is 39.5 Å². The molecular weight excluding hydrogens is 178 g/mol. The minimum absolute atomic E-state index is 0.0942. The molecule has 0 bridgehead atoms. The molecule has 3 nitrogen and oxygen atoms in total. The highest BCUT2D eigenvalue weighted by Gasteiger charge is 2.27. The number of methoxy groups -OCH3 is 1. The lowest BCUT2D eigenvalue weighted by molar-refractivity contribution is -0.00595. The minimum atomic E-state index is -0.224. The van der Waals surface area contributed by atoms with Crippen molar-refractivity contribution in [2.75, 3.05) is 13.7 Å². The van der Waals surface area contributed by atoms with Gasteiger partial charge in [0.2, 0.25) is 0 Å². The summed E-state index contributed by atoms with van der Waals surface area (Å²) in [6.07, 6.45) is 4.88.